The van der Waals surface area contributed by atoms with Gasteiger partial charge in [0.05, 0.1) is 21.1 Å². The van der Waals surface area contributed by atoms with E-state index in [4.69, 9.17) is 14.9 Å². The fraction of sp³-hybridized carbons (Fsp3) is 1.00. The summed E-state index contributed by atoms with van der Waals surface area (Å²) in [6, 6.07) is 0. The van der Waals surface area contributed by atoms with Crippen molar-refractivity contribution in [2.45, 2.75) is 5.85 Å². The maximum Gasteiger partial charge on any atom is 1.00 e. The third kappa shape index (κ3) is 11.3. The predicted octanol–water partition coefficient (Wildman–Crippen LogP) is -6.69. The Bertz CT molecular complexity index is 185. The molecule has 0 aliphatic carbocycles. The van der Waals surface area contributed by atoms with Gasteiger partial charge in [-0.3, -0.25) is 4.57 Å². The Morgan fingerprint density at radius 2 is 1.69 bits per heavy atom. The Labute approximate surface area is 108 Å². The van der Waals surface area contributed by atoms with Crippen molar-refractivity contribution in [1.29, 1.82) is 0 Å². The number of hydrogen-bond acceptors (Lipinski definition) is 2. The Balaban J connectivity index is -0.000000167. The van der Waals surface area contributed by atoms with Crippen LogP contribution in [0.25, 0.3) is 0 Å². The van der Waals surface area contributed by atoms with Gasteiger partial charge in [0, 0.05) is 0 Å². The molecule has 8 heteroatoms. The predicted molar refractivity (Wildman–Crippen MR) is 42.1 cm³/mol. The maximum atomic E-state index is 10.4. The van der Waals surface area contributed by atoms with Crippen LogP contribution in [0.15, 0.2) is 0 Å². The van der Waals surface area contributed by atoms with Crippen LogP contribution in [0.3, 0.4) is 0 Å². The van der Waals surface area contributed by atoms with E-state index in [1.54, 1.807) is 21.1 Å². The Hall–Kier alpha value is 1.36. The summed E-state index contributed by atoms with van der Waals surface area (Å²) < 4.78 is 10.8. The summed E-state index contributed by atoms with van der Waals surface area (Å²) >= 11 is 0. The van der Waals surface area contributed by atoms with Crippen LogP contribution in [0.2, 0.25) is 0 Å². The molecule has 0 aromatic heterocycles. The summed E-state index contributed by atoms with van der Waals surface area (Å²) in [7, 11) is 0.933. The maximum absolute atomic E-state index is 10.4. The molecule has 78 valence electrons. The second-order valence-electron chi connectivity index (χ2n) is 3.54. The van der Waals surface area contributed by atoms with Gasteiger partial charge in [-0.2, -0.15) is 0 Å². The van der Waals surface area contributed by atoms with Gasteiger partial charge in [-0.05, 0) is 0 Å². The van der Waals surface area contributed by atoms with E-state index in [1.165, 1.54) is 0 Å². The first kappa shape index (κ1) is 19.9. The minimum atomic E-state index is -4.31. The van der Waals surface area contributed by atoms with E-state index in [9.17, 15) is 4.57 Å². The molecule has 5 nitrogen and oxygen atoms in total. The number of hydrogen-bond donors (Lipinski definition) is 3. The number of aliphatic hydroxyl groups is 1. The molecule has 1 unspecified atom stereocenters. The minimum absolute atomic E-state index is 0. The zero-order valence-corrected chi connectivity index (χ0v) is 12.0. The number of nitrogens with zero attached hydrogens (tertiary/aromatic N) is 1. The molecule has 13 heavy (non-hydrogen) atoms. The second-order valence-corrected chi connectivity index (χ2v) is 5.32. The first-order valence-electron chi connectivity index (χ1n) is 3.17. The molecule has 0 spiro atoms. The van der Waals surface area contributed by atoms with Gasteiger partial charge in [-0.15, -0.1) is 0 Å². The van der Waals surface area contributed by atoms with Crippen molar-refractivity contribution in [1.82, 2.24) is 0 Å². The molecule has 0 radical (unpaired) electrons. The summed E-state index contributed by atoms with van der Waals surface area (Å²) in [5, 5.41) is 8.94. The van der Waals surface area contributed by atoms with Gasteiger partial charge < -0.3 is 33.2 Å². The molecule has 0 rings (SSSR count). The van der Waals surface area contributed by atoms with Crippen molar-refractivity contribution in [3.05, 3.63) is 0 Å². The summed E-state index contributed by atoms with van der Waals surface area (Å²) in [5.74, 6) is -1.55. The summed E-state index contributed by atoms with van der Waals surface area (Å²) in [4.78, 5) is 17.0. The SMILES string of the molecule is C[N+](C)(C)CC(O)P(=O)(O)O.[Cl-].[H-].[Na+]. The van der Waals surface area contributed by atoms with Gasteiger partial charge in [0.2, 0.25) is 5.85 Å². The van der Waals surface area contributed by atoms with Gasteiger partial charge in [0.25, 0.3) is 0 Å². The van der Waals surface area contributed by atoms with E-state index in [0.717, 1.165) is 0 Å². The molecule has 0 heterocycles. The van der Waals surface area contributed by atoms with E-state index >= 15 is 0 Å². The number of halogens is 1. The molecule has 0 aliphatic rings. The van der Waals surface area contributed by atoms with Crippen molar-refractivity contribution < 1.29 is 67.3 Å². The third-order valence-corrected chi connectivity index (χ3v) is 2.04. The molecule has 0 amide bonds. The van der Waals surface area contributed by atoms with Crippen LogP contribution < -0.4 is 42.0 Å². The van der Waals surface area contributed by atoms with Gasteiger partial charge >= 0.3 is 37.2 Å². The summed E-state index contributed by atoms with van der Waals surface area (Å²) in [5.41, 5.74) is 0. The fourth-order valence-corrected chi connectivity index (χ4v) is 1.30. The van der Waals surface area contributed by atoms with Crippen LogP contribution in [-0.4, -0.2) is 52.9 Å². The van der Waals surface area contributed by atoms with Crippen molar-refractivity contribution in [3.63, 3.8) is 0 Å². The van der Waals surface area contributed by atoms with E-state index in [-0.39, 0.29) is 49.9 Å². The van der Waals surface area contributed by atoms with E-state index < -0.39 is 13.4 Å². The normalized spacial score (nSPS) is 14.0. The molecule has 0 saturated carbocycles. The van der Waals surface area contributed by atoms with Crippen LogP contribution in [0.4, 0.5) is 0 Å². The Kier molecular flexibility index (Phi) is 10.3. The molecule has 0 aliphatic heterocycles. The van der Waals surface area contributed by atoms with Crippen molar-refractivity contribution in [2.24, 2.45) is 0 Å². The zero-order chi connectivity index (χ0) is 9.28. The molecule has 0 saturated heterocycles. The standard InChI is InChI=1S/C5H14NO4P.ClH.Na.H/c1-6(2,3)4-5(7)11(8,9)10;;;/h5,7H,4H2,1-3H3,(H-,8,9,10);1H;;/q;;+1;-1. The first-order chi connectivity index (χ1) is 4.63. The van der Waals surface area contributed by atoms with E-state index in [0.29, 0.717) is 4.48 Å². The fourth-order valence-electron chi connectivity index (χ4n) is 0.596. The van der Waals surface area contributed by atoms with Crippen molar-refractivity contribution >= 4 is 7.60 Å². The molecule has 0 aromatic carbocycles. The van der Waals surface area contributed by atoms with E-state index in [1.807, 2.05) is 0 Å². The van der Waals surface area contributed by atoms with Gasteiger partial charge in [0.1, 0.15) is 6.54 Å². The summed E-state index contributed by atoms with van der Waals surface area (Å²) in [6.45, 7) is 0.0459. The van der Waals surface area contributed by atoms with Crippen LogP contribution in [0, 0.1) is 0 Å². The van der Waals surface area contributed by atoms with Crippen molar-refractivity contribution in [2.75, 3.05) is 27.7 Å². The molecule has 1 atom stereocenters. The van der Waals surface area contributed by atoms with Crippen LogP contribution >= 0.6 is 7.60 Å². The number of aliphatic hydroxyl groups excluding tert-OH is 1. The molecular formula is C5H16ClNNaO4P. The summed E-state index contributed by atoms with van der Waals surface area (Å²) in [6.07, 6.45) is 0. The molecule has 0 aromatic rings. The average Bonchev–Trinajstić information content (AvgIpc) is 1.56. The number of rotatable bonds is 3. The molecule has 0 fully saturated rings. The number of quaternary nitrogens is 1. The smallest absolute Gasteiger partial charge is 1.00 e. The van der Waals surface area contributed by atoms with Gasteiger partial charge in [-0.25, -0.2) is 0 Å². The molecular weight excluding hydrogens is 227 g/mol. The quantitative estimate of drug-likeness (QED) is 0.262. The third-order valence-electron chi connectivity index (χ3n) is 1.10. The van der Waals surface area contributed by atoms with Crippen LogP contribution in [0.5, 0.6) is 0 Å². The van der Waals surface area contributed by atoms with E-state index in [2.05, 4.69) is 0 Å². The largest absolute Gasteiger partial charge is 1.00 e. The first-order valence-corrected chi connectivity index (χ1v) is 4.85. The zero-order valence-electron chi connectivity index (χ0n) is 9.31. The van der Waals surface area contributed by atoms with Gasteiger partial charge in [0.15, 0.2) is 0 Å². The van der Waals surface area contributed by atoms with Crippen LogP contribution in [0.1, 0.15) is 1.43 Å². The topological polar surface area (TPSA) is 77.8 Å². The van der Waals surface area contributed by atoms with Crippen LogP contribution in [-0.2, 0) is 4.57 Å². The average molecular weight is 244 g/mol. The van der Waals surface area contributed by atoms with Crippen molar-refractivity contribution in [3.8, 4) is 0 Å². The molecule has 3 N–H and O–H groups in total. The monoisotopic (exact) mass is 243 g/mol. The molecule has 0 bridgehead atoms. The second kappa shape index (κ2) is 6.77. The Morgan fingerprint density at radius 3 is 1.77 bits per heavy atom. The Morgan fingerprint density at radius 1 is 1.38 bits per heavy atom. The minimum Gasteiger partial charge on any atom is -1.00 e. The number of likely N-dealkylation sites (N-methyl/N-ethyl adjacent to an activating group) is 1. The van der Waals surface area contributed by atoms with Gasteiger partial charge in [-0.1, -0.05) is 0 Å².